The third-order valence-corrected chi connectivity index (χ3v) is 9.69. The number of rotatable bonds is 13. The molecule has 48 heavy (non-hydrogen) atoms. The number of benzene rings is 1. The first-order chi connectivity index (χ1) is 22.6. The fourth-order valence-electron chi connectivity index (χ4n) is 6.60. The smallest absolute Gasteiger partial charge is 0.332 e. The van der Waals surface area contributed by atoms with Crippen LogP contribution < -0.4 is 21.7 Å². The van der Waals surface area contributed by atoms with Crippen molar-refractivity contribution in [2.24, 2.45) is 28.9 Å². The summed E-state index contributed by atoms with van der Waals surface area (Å²) in [6.07, 6.45) is 3.05. The van der Waals surface area contributed by atoms with E-state index in [4.69, 9.17) is 15.2 Å². The molecule has 1 aromatic carbocycles. The molecule has 2 saturated heterocycles. The van der Waals surface area contributed by atoms with Crippen molar-refractivity contribution >= 4 is 35.5 Å². The number of nitrogens with one attached hydrogen (secondary N) is 3. The number of hydrogen-bond acceptors (Lipinski definition) is 8. The topological polar surface area (TPSA) is 186 Å². The zero-order valence-corrected chi connectivity index (χ0v) is 28.7. The Kier molecular flexibility index (Phi) is 11.9. The molecule has 1 saturated carbocycles. The van der Waals surface area contributed by atoms with Crippen LogP contribution >= 0.6 is 0 Å². The molecule has 3 aliphatic rings. The lowest BCUT2D eigenvalue weighted by Gasteiger charge is -2.39. The quantitative estimate of drug-likeness (QED) is 0.182. The predicted molar refractivity (Wildman–Crippen MR) is 176 cm³/mol. The first kappa shape index (κ1) is 36.8. The second kappa shape index (κ2) is 15.5. The van der Waals surface area contributed by atoms with Crippen LogP contribution in [0.4, 0.5) is 4.79 Å². The van der Waals surface area contributed by atoms with Crippen molar-refractivity contribution in [2.45, 2.75) is 103 Å². The summed E-state index contributed by atoms with van der Waals surface area (Å²) >= 11 is 0. The number of primary amides is 1. The van der Waals surface area contributed by atoms with Gasteiger partial charge >= 0.3 is 12.0 Å². The van der Waals surface area contributed by atoms with Gasteiger partial charge in [0, 0.05) is 32.6 Å². The second-order valence-electron chi connectivity index (χ2n) is 14.8. The van der Waals surface area contributed by atoms with Gasteiger partial charge in [-0.05, 0) is 41.6 Å². The van der Waals surface area contributed by atoms with Crippen LogP contribution in [0.5, 0.6) is 0 Å². The van der Waals surface area contributed by atoms with E-state index in [2.05, 4.69) is 16.0 Å². The maximum absolute atomic E-state index is 14.3. The highest BCUT2D eigenvalue weighted by atomic mass is 16.5. The number of hydrogen-bond donors (Lipinski definition) is 4. The van der Waals surface area contributed by atoms with Crippen molar-refractivity contribution < 1.29 is 38.2 Å². The molecule has 4 rings (SSSR count). The minimum atomic E-state index is -1.36. The minimum Gasteiger partial charge on any atom is -0.459 e. The molecule has 0 aromatic heterocycles. The van der Waals surface area contributed by atoms with Gasteiger partial charge in [-0.3, -0.25) is 19.2 Å². The average molecular weight is 670 g/mol. The summed E-state index contributed by atoms with van der Waals surface area (Å²) in [7, 11) is 0. The highest BCUT2D eigenvalue weighted by Gasteiger charge is 2.49. The third-order valence-electron chi connectivity index (χ3n) is 9.69. The normalized spacial score (nSPS) is 21.9. The fraction of sp³-hybridized carbons (Fsp3) is 0.657. The zero-order valence-electron chi connectivity index (χ0n) is 28.7. The summed E-state index contributed by atoms with van der Waals surface area (Å²) in [6.45, 7) is 10.1. The Balaban J connectivity index is 1.51. The summed E-state index contributed by atoms with van der Waals surface area (Å²) in [5.74, 6) is -3.54. The maximum Gasteiger partial charge on any atom is 0.332 e. The summed E-state index contributed by atoms with van der Waals surface area (Å²) in [5, 5.41) is 8.37. The number of nitrogens with zero attached hydrogens (tertiary/aromatic N) is 1. The van der Waals surface area contributed by atoms with E-state index in [0.717, 1.165) is 18.4 Å². The molecule has 5 N–H and O–H groups in total. The minimum absolute atomic E-state index is 0.0203. The Morgan fingerprint density at radius 2 is 1.65 bits per heavy atom. The maximum atomic E-state index is 14.3. The number of ketones is 1. The second-order valence-corrected chi connectivity index (χ2v) is 14.8. The van der Waals surface area contributed by atoms with E-state index in [9.17, 15) is 28.8 Å². The van der Waals surface area contributed by atoms with Crippen LogP contribution in [0.3, 0.4) is 0 Å². The molecule has 0 spiro atoms. The van der Waals surface area contributed by atoms with Gasteiger partial charge in [0.15, 0.2) is 0 Å². The van der Waals surface area contributed by atoms with Crippen LogP contribution in [0.1, 0.15) is 78.7 Å². The lowest BCUT2D eigenvalue weighted by atomic mass is 9.84. The van der Waals surface area contributed by atoms with Crippen molar-refractivity contribution in [1.29, 1.82) is 0 Å². The van der Waals surface area contributed by atoms with E-state index in [0.29, 0.717) is 12.8 Å². The number of urea groups is 1. The molecule has 2 aliphatic heterocycles. The number of amides is 5. The molecule has 13 nitrogen and oxygen atoms in total. The van der Waals surface area contributed by atoms with Crippen molar-refractivity contribution in [3.63, 3.8) is 0 Å². The van der Waals surface area contributed by atoms with Gasteiger partial charge in [-0.2, -0.15) is 0 Å². The molecular weight excluding hydrogens is 618 g/mol. The molecule has 0 bridgehead atoms. The van der Waals surface area contributed by atoms with Gasteiger partial charge < -0.3 is 36.1 Å². The van der Waals surface area contributed by atoms with E-state index < -0.39 is 64.6 Å². The van der Waals surface area contributed by atoms with Crippen molar-refractivity contribution in [1.82, 2.24) is 20.9 Å². The molecule has 5 amide bonds. The Labute approximate surface area is 282 Å². The highest BCUT2D eigenvalue weighted by molar-refractivity contribution is 6.37. The Morgan fingerprint density at radius 3 is 2.21 bits per heavy atom. The van der Waals surface area contributed by atoms with Gasteiger partial charge in [0.2, 0.25) is 17.6 Å². The van der Waals surface area contributed by atoms with Crippen LogP contribution in [0.15, 0.2) is 30.3 Å². The molecular formula is C35H51N5O8. The zero-order chi connectivity index (χ0) is 35.2. The summed E-state index contributed by atoms with van der Waals surface area (Å²) in [4.78, 5) is 81.2. The number of esters is 1. The monoisotopic (exact) mass is 669 g/mol. The molecule has 1 aromatic rings. The van der Waals surface area contributed by atoms with Gasteiger partial charge in [0.1, 0.15) is 24.2 Å². The molecule has 4 atom stereocenters. The first-order valence-corrected chi connectivity index (χ1v) is 16.9. The molecule has 2 heterocycles. The SMILES string of the molecule is CC(C)[C@H]1CCN(C(=O)[C@@H](NC(=O)NC2(C(=O)OCc3ccccc3)CCOCC2)C(C)(C)C)[C@@H]1C(=O)NC(CC1CC1)C(=O)C(N)=O. The number of ether oxygens (including phenoxy) is 2. The van der Waals surface area contributed by atoms with Gasteiger partial charge in [-0.15, -0.1) is 0 Å². The summed E-state index contributed by atoms with van der Waals surface area (Å²) < 4.78 is 11.1. The molecule has 13 heteroatoms. The van der Waals surface area contributed by atoms with Gasteiger partial charge in [0.05, 0.1) is 6.04 Å². The molecule has 3 fully saturated rings. The van der Waals surface area contributed by atoms with Crippen molar-refractivity contribution in [2.75, 3.05) is 19.8 Å². The molecule has 264 valence electrons. The molecule has 0 radical (unpaired) electrons. The third kappa shape index (κ3) is 9.12. The lowest BCUT2D eigenvalue weighted by Crippen LogP contribution is -2.64. The van der Waals surface area contributed by atoms with Crippen LogP contribution in [-0.4, -0.2) is 83.8 Å². The average Bonchev–Trinajstić information content (AvgIpc) is 3.74. The number of carbonyl (C=O) groups excluding carboxylic acids is 6. The number of carbonyl (C=O) groups is 6. The largest absolute Gasteiger partial charge is 0.459 e. The van der Waals surface area contributed by atoms with E-state index in [1.165, 1.54) is 4.90 Å². The summed E-state index contributed by atoms with van der Waals surface area (Å²) in [5.41, 5.74) is 3.95. The molecule has 1 aliphatic carbocycles. The number of likely N-dealkylation sites (tertiary alicyclic amines) is 1. The van der Waals surface area contributed by atoms with Crippen molar-refractivity contribution in [3.8, 4) is 0 Å². The van der Waals surface area contributed by atoms with Gasteiger partial charge in [-0.1, -0.05) is 77.8 Å². The fourth-order valence-corrected chi connectivity index (χ4v) is 6.60. The number of Topliss-reactive ketones (excluding diaryl/α,β-unsaturated/α-hetero) is 1. The number of nitrogens with two attached hydrogens (primary N) is 1. The highest BCUT2D eigenvalue weighted by Crippen LogP contribution is 2.36. The molecule has 1 unspecified atom stereocenters. The van der Waals surface area contributed by atoms with Crippen LogP contribution in [0.2, 0.25) is 0 Å². The van der Waals surface area contributed by atoms with Gasteiger partial charge in [0.25, 0.3) is 5.91 Å². The summed E-state index contributed by atoms with van der Waals surface area (Å²) in [6, 6.07) is 5.42. The Bertz CT molecular complexity index is 1350. The van der Waals surface area contributed by atoms with Crippen LogP contribution in [0.25, 0.3) is 0 Å². The van der Waals surface area contributed by atoms with Crippen LogP contribution in [0, 0.1) is 23.2 Å². The van der Waals surface area contributed by atoms with Gasteiger partial charge in [-0.25, -0.2) is 9.59 Å². The first-order valence-electron chi connectivity index (χ1n) is 16.9. The predicted octanol–water partition coefficient (Wildman–Crippen LogP) is 2.21. The Morgan fingerprint density at radius 1 is 1.00 bits per heavy atom. The van der Waals surface area contributed by atoms with E-state index in [1.54, 1.807) is 20.8 Å². The van der Waals surface area contributed by atoms with Crippen molar-refractivity contribution in [3.05, 3.63) is 35.9 Å². The standard InChI is InChI=1S/C35H51N5O8/c1-21(2)24-13-16-40(26(24)30(43)37-25(19-22-11-12-22)27(41)29(36)42)31(44)28(34(3,4)5)38-33(46)39-35(14-17-47-18-15-35)32(45)48-20-23-9-7-6-8-10-23/h6-10,21-22,24-26,28H,11-20H2,1-5H3,(H2,36,42)(H,37,43)(H2,38,39,46)/t24-,25?,26+,28-/m1/s1. The lowest BCUT2D eigenvalue weighted by molar-refractivity contribution is -0.156. The Hall–Kier alpha value is -4.00. The van der Waals surface area contributed by atoms with E-state index in [-0.39, 0.29) is 57.0 Å². The van der Waals surface area contributed by atoms with Crippen LogP contribution in [-0.2, 0) is 40.1 Å². The van der Waals surface area contributed by atoms with E-state index in [1.807, 2.05) is 44.2 Å². The van der Waals surface area contributed by atoms with E-state index >= 15 is 0 Å².